The molecule has 0 saturated carbocycles. The number of rotatable bonds is 6. The first-order valence-corrected chi connectivity index (χ1v) is 9.41. The van der Waals surface area contributed by atoms with Gasteiger partial charge in [-0.2, -0.15) is 16.6 Å². The van der Waals surface area contributed by atoms with Crippen LogP contribution in [0.2, 0.25) is 0 Å². The summed E-state index contributed by atoms with van der Waals surface area (Å²) >= 11 is 1.48. The van der Waals surface area contributed by atoms with Crippen LogP contribution < -0.4 is 0 Å². The number of amides is 1. The molecule has 2 rings (SSSR count). The van der Waals surface area contributed by atoms with Crippen LogP contribution in [-0.4, -0.2) is 23.6 Å². The molecule has 0 fully saturated rings. The Labute approximate surface area is 162 Å². The quantitative estimate of drug-likeness (QED) is 0.518. The van der Waals surface area contributed by atoms with Crippen LogP contribution in [-0.2, 0) is 4.79 Å². The zero-order valence-electron chi connectivity index (χ0n) is 15.7. The molecule has 1 amide bonds. The lowest BCUT2D eigenvalue weighted by atomic mass is 9.82. The summed E-state index contributed by atoms with van der Waals surface area (Å²) in [7, 11) is 1.45. The third kappa shape index (κ3) is 4.69. The van der Waals surface area contributed by atoms with Gasteiger partial charge in [0.1, 0.15) is 17.5 Å². The topological polar surface area (TPSA) is 61.2 Å². The maximum absolute atomic E-state index is 14.0. The van der Waals surface area contributed by atoms with Crippen molar-refractivity contribution >= 4 is 23.0 Å². The molecule has 4 nitrogen and oxygen atoms in total. The number of carbonyl (C=O) groups is 2. The van der Waals surface area contributed by atoms with E-state index >= 15 is 0 Å². The molecule has 1 heterocycles. The number of nitriles is 1. The van der Waals surface area contributed by atoms with E-state index in [0.29, 0.717) is 12.0 Å². The Balaban J connectivity index is 2.34. The Morgan fingerprint density at radius 3 is 2.56 bits per heavy atom. The van der Waals surface area contributed by atoms with Crippen LogP contribution in [0.15, 0.2) is 46.8 Å². The summed E-state index contributed by atoms with van der Waals surface area (Å²) in [5, 5.41) is 13.1. The van der Waals surface area contributed by atoms with Crippen molar-refractivity contribution < 1.29 is 14.0 Å². The van der Waals surface area contributed by atoms with Gasteiger partial charge in [0.2, 0.25) is 0 Å². The summed E-state index contributed by atoms with van der Waals surface area (Å²) < 4.78 is 14.0. The van der Waals surface area contributed by atoms with E-state index in [1.165, 1.54) is 30.7 Å². The van der Waals surface area contributed by atoms with Crippen molar-refractivity contribution in [2.24, 2.45) is 5.41 Å². The molecular weight excluding hydrogens is 363 g/mol. The van der Waals surface area contributed by atoms with Crippen molar-refractivity contribution in [1.82, 2.24) is 4.90 Å². The van der Waals surface area contributed by atoms with E-state index < -0.39 is 17.1 Å². The molecule has 0 aliphatic carbocycles. The highest BCUT2D eigenvalue weighted by Gasteiger charge is 2.29. The molecule has 0 radical (unpaired) electrons. The monoisotopic (exact) mass is 384 g/mol. The van der Waals surface area contributed by atoms with Crippen LogP contribution in [0.3, 0.4) is 0 Å². The van der Waals surface area contributed by atoms with Gasteiger partial charge in [-0.1, -0.05) is 20.8 Å². The van der Waals surface area contributed by atoms with Crippen LogP contribution in [0.25, 0.3) is 11.1 Å². The summed E-state index contributed by atoms with van der Waals surface area (Å²) in [6, 6.07) is 7.82. The minimum absolute atomic E-state index is 0.104. The van der Waals surface area contributed by atoms with E-state index in [-0.39, 0.29) is 16.9 Å². The van der Waals surface area contributed by atoms with Gasteiger partial charge in [-0.25, -0.2) is 4.39 Å². The molecule has 0 N–H and O–H groups in total. The Morgan fingerprint density at radius 1 is 1.30 bits per heavy atom. The Morgan fingerprint density at radius 2 is 2.00 bits per heavy atom. The predicted octanol–water partition coefficient (Wildman–Crippen LogP) is 5.04. The lowest BCUT2D eigenvalue weighted by Gasteiger charge is -2.21. The van der Waals surface area contributed by atoms with Gasteiger partial charge in [0.15, 0.2) is 5.78 Å². The zero-order chi connectivity index (χ0) is 20.2. The fraction of sp³-hybridized carbons (Fsp3) is 0.286. The number of hydrogen-bond donors (Lipinski definition) is 0. The number of ketones is 1. The summed E-state index contributed by atoms with van der Waals surface area (Å²) in [5.74, 6) is -1.35. The van der Waals surface area contributed by atoms with Gasteiger partial charge >= 0.3 is 0 Å². The third-order valence-corrected chi connectivity index (χ3v) is 5.19. The van der Waals surface area contributed by atoms with Crippen molar-refractivity contribution in [3.8, 4) is 17.2 Å². The average molecular weight is 384 g/mol. The molecule has 27 heavy (non-hydrogen) atoms. The maximum atomic E-state index is 14.0. The van der Waals surface area contributed by atoms with Gasteiger partial charge in [-0.05, 0) is 52.6 Å². The van der Waals surface area contributed by atoms with Crippen molar-refractivity contribution in [3.63, 3.8) is 0 Å². The number of allylic oxidation sites excluding steroid dienone is 1. The summed E-state index contributed by atoms with van der Waals surface area (Å²) in [6.07, 6.45) is 1.79. The average Bonchev–Trinajstić information content (AvgIpc) is 3.19. The van der Waals surface area contributed by atoms with E-state index in [9.17, 15) is 19.2 Å². The molecule has 140 valence electrons. The molecule has 0 unspecified atom stereocenters. The lowest BCUT2D eigenvalue weighted by molar-refractivity contribution is -0.123. The smallest absolute Gasteiger partial charge is 0.257 e. The second-order valence-electron chi connectivity index (χ2n) is 6.88. The molecule has 1 aromatic heterocycles. The fourth-order valence-electron chi connectivity index (χ4n) is 2.43. The minimum Gasteiger partial charge on any atom is -0.317 e. The normalized spacial score (nSPS) is 11.8. The van der Waals surface area contributed by atoms with Gasteiger partial charge in [-0.3, -0.25) is 9.59 Å². The summed E-state index contributed by atoms with van der Waals surface area (Å²) in [4.78, 5) is 26.4. The highest BCUT2D eigenvalue weighted by atomic mass is 32.1. The zero-order valence-corrected chi connectivity index (χ0v) is 16.6. The second-order valence-corrected chi connectivity index (χ2v) is 7.66. The van der Waals surface area contributed by atoms with E-state index in [0.717, 1.165) is 16.5 Å². The molecule has 2 aromatic rings. The SMILES string of the molecule is CCC(C)(C)C(=O)/C(C#N)=C\N(C)C(=O)c1cc(F)cc(-c2ccsc2)c1. The van der Waals surface area contributed by atoms with Crippen LogP contribution in [0, 0.1) is 22.6 Å². The summed E-state index contributed by atoms with van der Waals surface area (Å²) in [6.45, 7) is 5.37. The molecule has 0 spiro atoms. The molecule has 0 aliphatic heterocycles. The number of halogens is 1. The van der Waals surface area contributed by atoms with Gasteiger partial charge in [-0.15, -0.1) is 0 Å². The number of benzene rings is 1. The number of thiophene rings is 1. The maximum Gasteiger partial charge on any atom is 0.257 e. The minimum atomic E-state index is -0.698. The predicted molar refractivity (Wildman–Crippen MR) is 105 cm³/mol. The first-order chi connectivity index (χ1) is 12.7. The Hall–Kier alpha value is -2.78. The fourth-order valence-corrected chi connectivity index (χ4v) is 3.09. The van der Waals surface area contributed by atoms with Crippen LogP contribution in [0.5, 0.6) is 0 Å². The Kier molecular flexibility index (Phi) is 6.29. The molecule has 0 bridgehead atoms. The molecule has 0 aliphatic rings. The van der Waals surface area contributed by atoms with Crippen molar-refractivity contribution in [2.45, 2.75) is 27.2 Å². The van der Waals surface area contributed by atoms with Crippen molar-refractivity contribution in [3.05, 3.63) is 58.2 Å². The molecule has 0 atom stereocenters. The summed E-state index contributed by atoms with van der Waals surface area (Å²) in [5.41, 5.74) is 0.766. The van der Waals surface area contributed by atoms with Crippen molar-refractivity contribution in [2.75, 3.05) is 7.05 Å². The van der Waals surface area contributed by atoms with E-state index in [1.54, 1.807) is 19.9 Å². The van der Waals surface area contributed by atoms with E-state index in [4.69, 9.17) is 0 Å². The van der Waals surface area contributed by atoms with Gasteiger partial charge in [0.05, 0.1) is 0 Å². The number of carbonyl (C=O) groups excluding carboxylic acids is 2. The highest BCUT2D eigenvalue weighted by Crippen LogP contribution is 2.26. The standard InChI is InChI=1S/C21H21FN2O2S/c1-5-21(2,3)19(25)17(11-23)12-24(4)20(26)16-8-15(9-18(22)10-16)14-6-7-27-13-14/h6-10,12-13H,5H2,1-4H3/b17-12-. The van der Waals surface area contributed by atoms with Crippen LogP contribution in [0.1, 0.15) is 37.6 Å². The Bertz CT molecular complexity index is 924. The first kappa shape index (κ1) is 20.5. The van der Waals surface area contributed by atoms with Crippen molar-refractivity contribution in [1.29, 1.82) is 5.26 Å². The number of Topliss-reactive ketones (excluding diaryl/α,β-unsaturated/α-hetero) is 1. The lowest BCUT2D eigenvalue weighted by Crippen LogP contribution is -2.28. The van der Waals surface area contributed by atoms with Gasteiger partial charge < -0.3 is 4.90 Å². The number of hydrogen-bond acceptors (Lipinski definition) is 4. The molecule has 0 saturated heterocycles. The molecular formula is C21H21FN2O2S. The van der Waals surface area contributed by atoms with Crippen LogP contribution >= 0.6 is 11.3 Å². The molecule has 1 aromatic carbocycles. The first-order valence-electron chi connectivity index (χ1n) is 8.46. The number of nitrogens with zero attached hydrogens (tertiary/aromatic N) is 2. The van der Waals surface area contributed by atoms with E-state index in [2.05, 4.69) is 0 Å². The largest absolute Gasteiger partial charge is 0.317 e. The highest BCUT2D eigenvalue weighted by molar-refractivity contribution is 7.08. The van der Waals surface area contributed by atoms with Crippen LogP contribution in [0.4, 0.5) is 4.39 Å². The second kappa shape index (κ2) is 8.28. The van der Waals surface area contributed by atoms with E-state index in [1.807, 2.05) is 29.8 Å². The molecule has 6 heteroatoms. The van der Waals surface area contributed by atoms with Gasteiger partial charge in [0.25, 0.3) is 5.91 Å². The van der Waals surface area contributed by atoms with Gasteiger partial charge in [0, 0.05) is 24.2 Å². The third-order valence-electron chi connectivity index (χ3n) is 4.51.